The molecule has 0 saturated carbocycles. The molecule has 0 fully saturated rings. The Kier molecular flexibility index (Phi) is 9.12. The van der Waals surface area contributed by atoms with Gasteiger partial charge in [-0.2, -0.15) is 8.75 Å². The minimum Gasteiger partial charge on any atom is -0.331 e. The molecule has 6 aromatic rings. The van der Waals surface area contributed by atoms with E-state index in [9.17, 15) is 0 Å². The van der Waals surface area contributed by atoms with E-state index in [-0.39, 0.29) is 17.0 Å². The summed E-state index contributed by atoms with van der Waals surface area (Å²) in [7, 11) is 6.72. The number of quaternary nitrogens is 1. The maximum atomic E-state index is 4.73. The summed E-state index contributed by atoms with van der Waals surface area (Å²) in [4.78, 5) is 2.27. The van der Waals surface area contributed by atoms with Crippen LogP contribution in [0.15, 0.2) is 122 Å². The average Bonchev–Trinajstić information content (AvgIpc) is 3.49. The van der Waals surface area contributed by atoms with Crippen molar-refractivity contribution >= 4 is 56.8 Å². The number of aryl methyl sites for hydroxylation is 1. The van der Waals surface area contributed by atoms with Crippen LogP contribution in [0.25, 0.3) is 33.3 Å². The molecule has 0 aliphatic heterocycles. The molecule has 0 aliphatic rings. The molecule has 0 spiro atoms. The fraction of sp³-hybridized carbons (Fsp3) is 0.171. The van der Waals surface area contributed by atoms with E-state index in [1.54, 1.807) is 0 Å². The number of pyridine rings is 1. The van der Waals surface area contributed by atoms with Crippen molar-refractivity contribution in [3.05, 3.63) is 122 Å². The Morgan fingerprint density at radius 1 is 0.619 bits per heavy atom. The molecular formula is C35H36BrN5S+2. The lowest BCUT2D eigenvalue weighted by molar-refractivity contribution is -0.873. The Balaban J connectivity index is 0.00000353. The second-order valence-corrected chi connectivity index (χ2v) is 11.9. The minimum absolute atomic E-state index is 0. The summed E-state index contributed by atoms with van der Waals surface area (Å²) in [6, 6.07) is 38.4. The zero-order chi connectivity index (χ0) is 28.2. The van der Waals surface area contributed by atoms with E-state index in [0.29, 0.717) is 0 Å². The molecule has 0 radical (unpaired) electrons. The lowest BCUT2D eigenvalue weighted by Gasteiger charge is -2.25. The first-order valence-electron chi connectivity index (χ1n) is 14.0. The van der Waals surface area contributed by atoms with Gasteiger partial charge in [-0.1, -0.05) is 60.7 Å². The molecule has 5 nitrogen and oxygen atoms in total. The monoisotopic (exact) mass is 637 g/mol. The molecule has 4 aromatic carbocycles. The predicted octanol–water partition coefficient (Wildman–Crippen LogP) is 8.46. The van der Waals surface area contributed by atoms with E-state index in [1.807, 2.05) is 12.1 Å². The largest absolute Gasteiger partial charge is 0.331 e. The van der Waals surface area contributed by atoms with Gasteiger partial charge in [-0.3, -0.25) is 0 Å². The van der Waals surface area contributed by atoms with Crippen molar-refractivity contribution in [1.82, 2.24) is 8.75 Å². The summed E-state index contributed by atoms with van der Waals surface area (Å²) in [5.41, 5.74) is 9.76. The number of aromatic nitrogens is 3. The highest BCUT2D eigenvalue weighted by molar-refractivity contribution is 8.93. The summed E-state index contributed by atoms with van der Waals surface area (Å²) in [5.74, 6) is 0. The Hall–Kier alpha value is -3.91. The van der Waals surface area contributed by atoms with Crippen molar-refractivity contribution in [3.8, 4) is 22.3 Å². The molecule has 0 aliphatic carbocycles. The molecule has 0 N–H and O–H groups in total. The fourth-order valence-corrected chi connectivity index (χ4v) is 5.81. The van der Waals surface area contributed by atoms with Crippen LogP contribution in [0, 0.1) is 0 Å². The Labute approximate surface area is 263 Å². The normalized spacial score (nSPS) is 11.3. The third-order valence-electron chi connectivity index (χ3n) is 7.33. The van der Waals surface area contributed by atoms with Crippen LogP contribution in [-0.2, 0) is 6.54 Å². The first kappa shape index (κ1) is 29.6. The number of anilines is 3. The van der Waals surface area contributed by atoms with Gasteiger partial charge in [0.15, 0.2) is 18.9 Å². The van der Waals surface area contributed by atoms with Gasteiger partial charge in [-0.15, -0.1) is 17.0 Å². The zero-order valence-electron chi connectivity index (χ0n) is 24.2. The lowest BCUT2D eigenvalue weighted by Crippen LogP contribution is -2.39. The van der Waals surface area contributed by atoms with Gasteiger partial charge < -0.3 is 9.38 Å². The maximum absolute atomic E-state index is 4.73. The highest BCUT2D eigenvalue weighted by Gasteiger charge is 2.16. The van der Waals surface area contributed by atoms with E-state index >= 15 is 0 Å². The molecule has 42 heavy (non-hydrogen) atoms. The van der Waals surface area contributed by atoms with Crippen molar-refractivity contribution in [2.24, 2.45) is 0 Å². The molecule has 0 atom stereocenters. The van der Waals surface area contributed by atoms with Gasteiger partial charge in [0, 0.05) is 40.3 Å². The third-order valence-corrected chi connectivity index (χ3v) is 7.86. The van der Waals surface area contributed by atoms with Crippen molar-refractivity contribution < 1.29 is 9.05 Å². The van der Waals surface area contributed by atoms with Crippen molar-refractivity contribution in [2.75, 3.05) is 32.6 Å². The summed E-state index contributed by atoms with van der Waals surface area (Å²) >= 11 is 1.27. The number of nitrogens with zero attached hydrogens (tertiary/aromatic N) is 5. The first-order chi connectivity index (χ1) is 20.0. The number of hydrogen-bond acceptors (Lipinski definition) is 4. The fourth-order valence-electron chi connectivity index (χ4n) is 5.24. The van der Waals surface area contributed by atoms with E-state index < -0.39 is 0 Å². The van der Waals surface area contributed by atoms with E-state index in [0.717, 1.165) is 74.3 Å². The van der Waals surface area contributed by atoms with Gasteiger partial charge in [-0.05, 0) is 47.5 Å². The van der Waals surface area contributed by atoms with Gasteiger partial charge in [0.2, 0.25) is 0 Å². The van der Waals surface area contributed by atoms with E-state index in [4.69, 9.17) is 8.75 Å². The number of halogens is 1. The van der Waals surface area contributed by atoms with Crippen LogP contribution in [0.2, 0.25) is 0 Å². The molecule has 6 rings (SSSR count). The molecule has 212 valence electrons. The molecule has 0 saturated heterocycles. The Morgan fingerprint density at radius 2 is 1.10 bits per heavy atom. The SMILES string of the molecule is Br.C[N+](C)(C)CCC[n+]1ccc(-c2ccc(-c3ccc(N(c4ccccc4)c4ccccc4)cc3)c3nsnc23)cc1. The summed E-state index contributed by atoms with van der Waals surface area (Å²) < 4.78 is 12.7. The van der Waals surface area contributed by atoms with Gasteiger partial charge in [-0.25, -0.2) is 4.57 Å². The smallest absolute Gasteiger partial charge is 0.169 e. The Morgan fingerprint density at radius 3 is 1.60 bits per heavy atom. The third kappa shape index (κ3) is 6.59. The van der Waals surface area contributed by atoms with E-state index in [1.165, 1.54) is 11.7 Å². The topological polar surface area (TPSA) is 32.9 Å². The molecular weight excluding hydrogens is 602 g/mol. The summed E-state index contributed by atoms with van der Waals surface area (Å²) in [6.07, 6.45) is 5.50. The number of para-hydroxylation sites is 2. The predicted molar refractivity (Wildman–Crippen MR) is 181 cm³/mol. The van der Waals surface area contributed by atoms with Gasteiger partial charge in [0.1, 0.15) is 11.0 Å². The summed E-state index contributed by atoms with van der Waals surface area (Å²) in [6.45, 7) is 2.17. The summed E-state index contributed by atoms with van der Waals surface area (Å²) in [5, 5.41) is 0. The Bertz CT molecular complexity index is 1690. The van der Waals surface area contributed by atoms with Crippen molar-refractivity contribution in [3.63, 3.8) is 0 Å². The van der Waals surface area contributed by atoms with Crippen LogP contribution in [0.1, 0.15) is 6.42 Å². The molecule has 2 heterocycles. The quantitative estimate of drug-likeness (QED) is 0.118. The number of hydrogen-bond donors (Lipinski definition) is 0. The molecule has 2 aromatic heterocycles. The van der Waals surface area contributed by atoms with Crippen LogP contribution in [0.4, 0.5) is 17.1 Å². The molecule has 0 unspecified atom stereocenters. The first-order valence-corrected chi connectivity index (χ1v) is 14.8. The second kappa shape index (κ2) is 12.9. The van der Waals surface area contributed by atoms with Gasteiger partial charge in [0.05, 0.1) is 45.8 Å². The zero-order valence-corrected chi connectivity index (χ0v) is 26.8. The number of benzene rings is 4. The molecule has 0 bridgehead atoms. The van der Waals surface area contributed by atoms with Crippen LogP contribution in [0.5, 0.6) is 0 Å². The molecule has 0 amide bonds. The number of rotatable bonds is 9. The van der Waals surface area contributed by atoms with Crippen LogP contribution in [0.3, 0.4) is 0 Å². The van der Waals surface area contributed by atoms with Crippen LogP contribution < -0.4 is 9.47 Å². The average molecular weight is 639 g/mol. The number of fused-ring (bicyclic) bond motifs is 1. The second-order valence-electron chi connectivity index (χ2n) is 11.4. The van der Waals surface area contributed by atoms with Gasteiger partial charge >= 0.3 is 0 Å². The van der Waals surface area contributed by atoms with Crippen molar-refractivity contribution in [2.45, 2.75) is 13.0 Å². The standard InChI is InChI=1S/C35H35N5S.BrH/c1-40(2,3)26-10-23-38-24-21-28(22-25-38)33-20-19-32(34-35(33)37-41-36-34)27-15-17-31(18-16-27)39(29-11-6-4-7-12-29)30-13-8-5-9-14-30;/h4-9,11-22,24-25H,10,23,26H2,1-3H3;1H/q+2;. The van der Waals surface area contributed by atoms with Crippen molar-refractivity contribution in [1.29, 1.82) is 0 Å². The highest BCUT2D eigenvalue weighted by Crippen LogP contribution is 2.38. The minimum atomic E-state index is 0. The lowest BCUT2D eigenvalue weighted by atomic mass is 9.98. The van der Waals surface area contributed by atoms with E-state index in [2.05, 4.69) is 140 Å². The van der Waals surface area contributed by atoms with Crippen LogP contribution >= 0.6 is 28.7 Å². The molecule has 7 heteroatoms. The van der Waals surface area contributed by atoms with Crippen LogP contribution in [-0.4, -0.2) is 40.9 Å². The maximum Gasteiger partial charge on any atom is 0.169 e. The highest BCUT2D eigenvalue weighted by atomic mass is 79.9. The van der Waals surface area contributed by atoms with Gasteiger partial charge in [0.25, 0.3) is 0 Å².